The molecule has 2 heterocycles. The number of pyridine rings is 2. The molecule has 0 saturated carbocycles. The van der Waals surface area contributed by atoms with Gasteiger partial charge in [0.2, 0.25) is 16.3 Å². The molecule has 0 amide bonds. The van der Waals surface area contributed by atoms with Crippen LogP contribution in [0.15, 0.2) is 71.7 Å². The van der Waals surface area contributed by atoms with E-state index in [1.54, 1.807) is 36.5 Å². The van der Waals surface area contributed by atoms with E-state index in [4.69, 9.17) is 4.74 Å². The summed E-state index contributed by atoms with van der Waals surface area (Å²) in [7, 11) is 1.12. The predicted octanol–water partition coefficient (Wildman–Crippen LogP) is -0.645. The van der Waals surface area contributed by atoms with Crippen LogP contribution in [0.4, 0.5) is 5.82 Å². The average molecular weight is 593 g/mol. The number of anilines is 1. The van der Waals surface area contributed by atoms with E-state index in [0.717, 1.165) is 13.2 Å². The standard InChI is InChI=1S/C31H20N4O9/c1-44-16-10-15(36)19-20(24(16)37)26(39)22-21(25(19)38)28(41)31(29(22)42)6-5-12-8-13-9-14(11-33-35-17-4-2-3-7-32-17)34-30(43)18(13)27(40)23(12)31/h2-4,7-11,40-42H,5-6H2,1H3,(H,32,35)(H,34,43). The minimum absolute atomic E-state index is 0.0648. The Balaban J connectivity index is 1.47. The van der Waals surface area contributed by atoms with Gasteiger partial charge in [-0.25, -0.2) is 4.98 Å². The van der Waals surface area contributed by atoms with Crippen molar-refractivity contribution in [2.24, 2.45) is 5.10 Å². The van der Waals surface area contributed by atoms with Gasteiger partial charge in [0.1, 0.15) is 28.5 Å². The third-order valence-electron chi connectivity index (χ3n) is 8.32. The monoisotopic (exact) mass is 592 g/mol. The van der Waals surface area contributed by atoms with Gasteiger partial charge in [0.05, 0.1) is 45.3 Å². The molecule has 1 aromatic carbocycles. The minimum Gasteiger partial charge on any atom is -0.510 e. The number of nitrogens with one attached hydrogen (secondary N) is 2. The number of fused-ring (bicyclic) bond motifs is 4. The van der Waals surface area contributed by atoms with Crippen molar-refractivity contribution < 1.29 is 20.1 Å². The lowest BCUT2D eigenvalue weighted by Crippen LogP contribution is -2.51. The number of benzene rings is 1. The number of hydrogen-bond donors (Lipinski definition) is 5. The Morgan fingerprint density at radius 2 is 1.68 bits per heavy atom. The van der Waals surface area contributed by atoms with Crippen LogP contribution in [-0.2, 0) is 11.8 Å². The first-order chi connectivity index (χ1) is 21.1. The highest BCUT2D eigenvalue weighted by Crippen LogP contribution is 2.54. The van der Waals surface area contributed by atoms with Gasteiger partial charge in [0, 0.05) is 17.8 Å². The van der Waals surface area contributed by atoms with Crippen LogP contribution in [0.5, 0.6) is 11.5 Å². The van der Waals surface area contributed by atoms with Gasteiger partial charge in [0.25, 0.3) is 5.56 Å². The number of phenolic OH excluding ortho intramolecular Hbond substituents is 1. The molecule has 7 rings (SSSR count). The van der Waals surface area contributed by atoms with Crippen LogP contribution in [-0.4, -0.2) is 38.6 Å². The van der Waals surface area contributed by atoms with Gasteiger partial charge in [-0.15, -0.1) is 0 Å². The summed E-state index contributed by atoms with van der Waals surface area (Å²) < 4.78 is 4.90. The summed E-state index contributed by atoms with van der Waals surface area (Å²) >= 11 is 0. The largest absolute Gasteiger partial charge is 0.510 e. The molecule has 1 unspecified atom stereocenters. The van der Waals surface area contributed by atoms with Crippen LogP contribution >= 0.6 is 0 Å². The van der Waals surface area contributed by atoms with Crippen molar-refractivity contribution in [3.63, 3.8) is 0 Å². The topological polar surface area (TPSA) is 208 Å². The predicted molar refractivity (Wildman–Crippen MR) is 159 cm³/mol. The van der Waals surface area contributed by atoms with Crippen molar-refractivity contribution >= 4 is 34.3 Å². The van der Waals surface area contributed by atoms with E-state index in [9.17, 15) is 39.3 Å². The summed E-state index contributed by atoms with van der Waals surface area (Å²) in [4.78, 5) is 72.8. The lowest BCUT2D eigenvalue weighted by molar-refractivity contribution is 0.362. The zero-order valence-corrected chi connectivity index (χ0v) is 22.7. The fourth-order valence-electron chi connectivity index (χ4n) is 6.43. The quantitative estimate of drug-likeness (QED) is 0.131. The van der Waals surface area contributed by atoms with Gasteiger partial charge in [-0.1, -0.05) is 12.1 Å². The van der Waals surface area contributed by atoms with E-state index < -0.39 is 76.6 Å². The summed E-state index contributed by atoms with van der Waals surface area (Å²) in [5, 5.41) is 36.1. The third kappa shape index (κ3) is 3.37. The molecule has 218 valence electrons. The summed E-state index contributed by atoms with van der Waals surface area (Å²) in [6, 6.07) is 9.16. The van der Waals surface area contributed by atoms with Gasteiger partial charge >= 0.3 is 0 Å². The number of aromatic nitrogens is 2. The molecular formula is C31H20N4O9. The van der Waals surface area contributed by atoms with E-state index in [0.29, 0.717) is 22.5 Å². The van der Waals surface area contributed by atoms with Gasteiger partial charge in [-0.05, 0) is 42.0 Å². The van der Waals surface area contributed by atoms with E-state index >= 15 is 0 Å². The summed E-state index contributed by atoms with van der Waals surface area (Å²) in [5.41, 5.74) is -3.51. The Labute approximate surface area is 243 Å². The Kier molecular flexibility index (Phi) is 5.59. The normalized spacial score (nSPS) is 17.2. The van der Waals surface area contributed by atoms with Gasteiger partial charge in [-0.2, -0.15) is 5.10 Å². The number of rotatable bonds is 4. The second-order valence-corrected chi connectivity index (χ2v) is 10.5. The van der Waals surface area contributed by atoms with Crippen molar-refractivity contribution in [1.82, 2.24) is 9.97 Å². The maximum Gasteiger partial charge on any atom is 0.260 e. The van der Waals surface area contributed by atoms with Crippen molar-refractivity contribution in [3.05, 3.63) is 132 Å². The highest BCUT2D eigenvalue weighted by molar-refractivity contribution is 5.96. The fourth-order valence-corrected chi connectivity index (χ4v) is 6.43. The number of aromatic hydroxyl groups is 1. The average Bonchev–Trinajstić information content (AvgIpc) is 3.49. The smallest absolute Gasteiger partial charge is 0.260 e. The Morgan fingerprint density at radius 3 is 2.36 bits per heavy atom. The molecular weight excluding hydrogens is 572 g/mol. The van der Waals surface area contributed by atoms with Crippen LogP contribution in [0.3, 0.4) is 0 Å². The highest BCUT2D eigenvalue weighted by atomic mass is 16.5. The molecule has 4 aliphatic rings. The zero-order chi connectivity index (χ0) is 31.1. The molecule has 3 aromatic rings. The number of nitrogens with zero attached hydrogens (tertiary/aromatic N) is 2. The van der Waals surface area contributed by atoms with Crippen LogP contribution in [0.2, 0.25) is 0 Å². The number of aliphatic hydroxyl groups is 2. The Morgan fingerprint density at radius 1 is 0.955 bits per heavy atom. The molecule has 0 bridgehead atoms. The molecule has 13 heteroatoms. The number of H-pyrrole nitrogens is 1. The van der Waals surface area contributed by atoms with E-state index in [2.05, 4.69) is 20.5 Å². The second-order valence-electron chi connectivity index (χ2n) is 10.5. The lowest BCUT2D eigenvalue weighted by Gasteiger charge is -2.27. The first-order valence-electron chi connectivity index (χ1n) is 13.3. The van der Waals surface area contributed by atoms with Crippen molar-refractivity contribution in [1.29, 1.82) is 0 Å². The van der Waals surface area contributed by atoms with Crippen molar-refractivity contribution in [2.75, 3.05) is 12.5 Å². The number of aliphatic hydroxyl groups excluding tert-OH is 2. The maximum absolute atomic E-state index is 13.6. The van der Waals surface area contributed by atoms with E-state index in [-0.39, 0.29) is 23.8 Å². The van der Waals surface area contributed by atoms with Crippen molar-refractivity contribution in [3.8, 4) is 11.5 Å². The van der Waals surface area contributed by atoms with E-state index in [1.807, 2.05) is 0 Å². The second kappa shape index (κ2) is 9.19. The number of ether oxygens (including phenoxy) is 1. The molecule has 1 atom stereocenters. The number of aromatic amines is 1. The number of phenols is 1. The van der Waals surface area contributed by atoms with Crippen LogP contribution in [0.1, 0.15) is 23.2 Å². The minimum atomic E-state index is -1.97. The molecule has 13 nitrogen and oxygen atoms in total. The third-order valence-corrected chi connectivity index (χ3v) is 8.32. The number of aryl methyl sites for hydroxylation is 1. The number of hydrazone groups is 1. The molecule has 0 radical (unpaired) electrons. The zero-order valence-electron chi connectivity index (χ0n) is 22.7. The first-order valence-corrected chi connectivity index (χ1v) is 13.3. The Hall–Kier alpha value is -6.11. The highest BCUT2D eigenvalue weighted by Gasteiger charge is 2.53. The lowest BCUT2D eigenvalue weighted by atomic mass is 9.78. The maximum atomic E-state index is 13.6. The van der Waals surface area contributed by atoms with Gasteiger partial charge < -0.3 is 25.0 Å². The SMILES string of the molecule is COc1cc(=O)c2c(=O)c3c(c(=O)c=2c1=O)=C(O)C1(CCc2cc4cc(C=NNc5ccccn5)[nH]c(=O)c4c(O)c21)C=3O. The summed E-state index contributed by atoms with van der Waals surface area (Å²) in [5.74, 6) is -2.07. The van der Waals surface area contributed by atoms with Crippen LogP contribution in [0.25, 0.3) is 22.3 Å². The molecule has 1 spiro atoms. The van der Waals surface area contributed by atoms with Gasteiger partial charge in [-0.3, -0.25) is 29.4 Å². The summed E-state index contributed by atoms with van der Waals surface area (Å²) in [6.45, 7) is 0. The molecule has 0 fully saturated rings. The molecule has 5 N–H and O–H groups in total. The molecule has 0 aliphatic heterocycles. The van der Waals surface area contributed by atoms with Gasteiger partial charge in [0.15, 0.2) is 11.2 Å². The molecule has 0 saturated heterocycles. The van der Waals surface area contributed by atoms with Crippen LogP contribution in [0, 0.1) is 10.4 Å². The van der Waals surface area contributed by atoms with Crippen LogP contribution < -0.4 is 47.9 Å². The van der Waals surface area contributed by atoms with Crippen molar-refractivity contribution in [2.45, 2.75) is 18.3 Å². The summed E-state index contributed by atoms with van der Waals surface area (Å²) in [6.07, 6.45) is 3.00. The fraction of sp³-hybridized carbons (Fsp3) is 0.129. The Bertz CT molecular complexity index is 2610. The van der Waals surface area contributed by atoms with E-state index in [1.165, 1.54) is 6.21 Å². The molecule has 44 heavy (non-hydrogen) atoms. The molecule has 2 aromatic heterocycles. The number of hydrogen-bond acceptors (Lipinski definition) is 12. The first kappa shape index (κ1) is 26.8. The molecule has 4 aliphatic carbocycles. The number of methoxy groups -OCH3 is 1.